The zero-order valence-corrected chi connectivity index (χ0v) is 17.7. The van der Waals surface area contributed by atoms with Crippen LogP contribution in [-0.4, -0.2) is 43.6 Å². The van der Waals surface area contributed by atoms with Gasteiger partial charge >= 0.3 is 0 Å². The lowest BCUT2D eigenvalue weighted by Crippen LogP contribution is -2.27. The van der Waals surface area contributed by atoms with Gasteiger partial charge < -0.3 is 9.32 Å². The maximum absolute atomic E-state index is 12.5. The molecule has 0 unspecified atom stereocenters. The van der Waals surface area contributed by atoms with Crippen molar-refractivity contribution in [3.05, 3.63) is 64.8 Å². The predicted octanol–water partition coefficient (Wildman–Crippen LogP) is 4.51. The first kappa shape index (κ1) is 19.1. The minimum absolute atomic E-state index is 0.0348. The summed E-state index contributed by atoms with van der Waals surface area (Å²) in [5, 5.41) is 12.2. The highest BCUT2D eigenvalue weighted by Gasteiger charge is 2.22. The molecule has 0 N–H and O–H groups in total. The molecule has 0 bridgehead atoms. The van der Waals surface area contributed by atoms with Gasteiger partial charge in [0.25, 0.3) is 5.91 Å². The summed E-state index contributed by atoms with van der Waals surface area (Å²) in [6, 6.07) is 13.7. The molecule has 0 radical (unpaired) electrons. The maximum atomic E-state index is 12.5. The molecule has 7 nitrogen and oxygen atoms in total. The number of rotatable bonds is 6. The van der Waals surface area contributed by atoms with Gasteiger partial charge in [-0.15, -0.1) is 21.5 Å². The fraction of sp³-hybridized carbons (Fsp3) is 0.238. The molecule has 1 aliphatic heterocycles. The first-order valence-electron chi connectivity index (χ1n) is 9.71. The second-order valence-corrected chi connectivity index (χ2v) is 8.75. The Morgan fingerprint density at radius 1 is 1.10 bits per heavy atom. The molecule has 1 fully saturated rings. The lowest BCUT2D eigenvalue weighted by Gasteiger charge is -2.12. The van der Waals surface area contributed by atoms with E-state index in [0.29, 0.717) is 23.0 Å². The number of hydrogen-bond donors (Lipinski definition) is 0. The summed E-state index contributed by atoms with van der Waals surface area (Å²) in [5.74, 6) is 1.96. The van der Waals surface area contributed by atoms with Crippen LogP contribution in [0.3, 0.4) is 0 Å². The Morgan fingerprint density at radius 2 is 1.93 bits per heavy atom. The highest BCUT2D eigenvalue weighted by Crippen LogP contribution is 2.30. The monoisotopic (exact) mass is 437 g/mol. The van der Waals surface area contributed by atoms with Gasteiger partial charge in [-0.2, -0.15) is 0 Å². The Morgan fingerprint density at radius 3 is 2.70 bits per heavy atom. The molecule has 5 rings (SSSR count). The molecule has 1 saturated heterocycles. The van der Waals surface area contributed by atoms with Crippen LogP contribution in [0.4, 0.5) is 0 Å². The smallest absolute Gasteiger partial charge is 0.273 e. The van der Waals surface area contributed by atoms with E-state index in [2.05, 4.69) is 15.2 Å². The van der Waals surface area contributed by atoms with Crippen LogP contribution in [0.2, 0.25) is 0 Å². The minimum atomic E-state index is 0.0348. The number of thioether (sulfide) groups is 1. The van der Waals surface area contributed by atoms with E-state index in [1.165, 1.54) is 11.3 Å². The van der Waals surface area contributed by atoms with Gasteiger partial charge in [-0.05, 0) is 37.1 Å². The molecular formula is C21H19N5O2S2. The molecule has 4 heterocycles. The number of carbonyl (C=O) groups excluding carboxylic acids is 1. The van der Waals surface area contributed by atoms with Gasteiger partial charge in [0.05, 0.1) is 12.0 Å². The highest BCUT2D eigenvalue weighted by molar-refractivity contribution is 7.98. The van der Waals surface area contributed by atoms with Gasteiger partial charge in [-0.25, -0.2) is 4.98 Å². The van der Waals surface area contributed by atoms with Crippen LogP contribution in [-0.2, 0) is 5.75 Å². The van der Waals surface area contributed by atoms with Crippen molar-refractivity contribution in [3.8, 4) is 17.3 Å². The van der Waals surface area contributed by atoms with E-state index in [1.807, 2.05) is 57.3 Å². The summed E-state index contributed by atoms with van der Waals surface area (Å²) in [4.78, 5) is 19.0. The molecule has 0 spiro atoms. The van der Waals surface area contributed by atoms with Crippen molar-refractivity contribution in [2.24, 2.45) is 0 Å². The molecule has 4 aromatic rings. The van der Waals surface area contributed by atoms with Crippen LogP contribution in [0.1, 0.15) is 28.3 Å². The Kier molecular flexibility index (Phi) is 5.37. The zero-order chi connectivity index (χ0) is 20.3. The largest absolute Gasteiger partial charge is 0.461 e. The third-order valence-electron chi connectivity index (χ3n) is 4.88. The average Bonchev–Trinajstić information content (AvgIpc) is 3.58. The van der Waals surface area contributed by atoms with Crippen molar-refractivity contribution < 1.29 is 9.21 Å². The fourth-order valence-corrected chi connectivity index (χ4v) is 5.16. The topological polar surface area (TPSA) is 77.0 Å². The van der Waals surface area contributed by atoms with E-state index in [-0.39, 0.29) is 5.91 Å². The third-order valence-corrected chi connectivity index (χ3v) is 6.85. The number of hydrogen-bond acceptors (Lipinski definition) is 7. The summed E-state index contributed by atoms with van der Waals surface area (Å²) in [5.41, 5.74) is 1.50. The quantitative estimate of drug-likeness (QED) is 0.413. The summed E-state index contributed by atoms with van der Waals surface area (Å²) in [7, 11) is 0. The standard InChI is InChI=1S/C21H19N5O2S2/c27-20(25-10-4-5-11-25)16-13-29-18(22-16)14-30-21-24-23-19(17-9-6-12-28-17)26(21)15-7-2-1-3-8-15/h1-3,6-9,12-13H,4-5,10-11,14H2. The lowest BCUT2D eigenvalue weighted by atomic mass is 10.3. The molecule has 152 valence electrons. The fourth-order valence-electron chi connectivity index (χ4n) is 3.42. The minimum Gasteiger partial charge on any atom is -0.461 e. The predicted molar refractivity (Wildman–Crippen MR) is 116 cm³/mol. The van der Waals surface area contributed by atoms with E-state index in [9.17, 15) is 4.79 Å². The van der Waals surface area contributed by atoms with E-state index >= 15 is 0 Å². The normalized spacial score (nSPS) is 13.8. The molecule has 3 aromatic heterocycles. The molecule has 30 heavy (non-hydrogen) atoms. The van der Waals surface area contributed by atoms with E-state index in [1.54, 1.807) is 18.0 Å². The third kappa shape index (κ3) is 3.78. The number of likely N-dealkylation sites (tertiary alicyclic amines) is 1. The molecule has 1 amide bonds. The first-order valence-corrected chi connectivity index (χ1v) is 11.6. The van der Waals surface area contributed by atoms with Crippen molar-refractivity contribution in [1.29, 1.82) is 0 Å². The van der Waals surface area contributed by atoms with Gasteiger partial charge in [0.1, 0.15) is 10.7 Å². The number of benzene rings is 1. The van der Waals surface area contributed by atoms with Crippen LogP contribution in [0.5, 0.6) is 0 Å². The van der Waals surface area contributed by atoms with Gasteiger partial charge in [-0.3, -0.25) is 9.36 Å². The SMILES string of the molecule is O=C(c1csc(CSc2nnc(-c3ccco3)n2-c2ccccc2)n1)N1CCCC1. The summed E-state index contributed by atoms with van der Waals surface area (Å²) < 4.78 is 7.53. The number of thiazole rings is 1. The number of aromatic nitrogens is 4. The Bertz CT molecular complexity index is 1130. The van der Waals surface area contributed by atoms with Crippen LogP contribution in [0.15, 0.2) is 63.7 Å². The van der Waals surface area contributed by atoms with Crippen molar-refractivity contribution >= 4 is 29.0 Å². The van der Waals surface area contributed by atoms with E-state index < -0.39 is 0 Å². The average molecular weight is 438 g/mol. The van der Waals surface area contributed by atoms with E-state index in [0.717, 1.165) is 41.8 Å². The van der Waals surface area contributed by atoms with Crippen LogP contribution >= 0.6 is 23.1 Å². The number of furan rings is 1. The van der Waals surface area contributed by atoms with Crippen molar-refractivity contribution in [1.82, 2.24) is 24.6 Å². The first-order chi connectivity index (χ1) is 14.8. The van der Waals surface area contributed by atoms with Gasteiger partial charge in [0.2, 0.25) is 5.82 Å². The van der Waals surface area contributed by atoms with Gasteiger partial charge in [-0.1, -0.05) is 30.0 Å². The zero-order valence-electron chi connectivity index (χ0n) is 16.1. The second kappa shape index (κ2) is 8.45. The molecule has 1 aromatic carbocycles. The Hall–Kier alpha value is -2.91. The second-order valence-electron chi connectivity index (χ2n) is 6.87. The maximum Gasteiger partial charge on any atom is 0.273 e. The summed E-state index contributed by atoms with van der Waals surface area (Å²) in [6.45, 7) is 1.66. The molecule has 0 atom stereocenters. The highest BCUT2D eigenvalue weighted by atomic mass is 32.2. The van der Waals surface area contributed by atoms with Crippen molar-refractivity contribution in [2.45, 2.75) is 23.8 Å². The summed E-state index contributed by atoms with van der Waals surface area (Å²) in [6.07, 6.45) is 3.78. The van der Waals surface area contributed by atoms with Crippen molar-refractivity contribution in [2.75, 3.05) is 13.1 Å². The lowest BCUT2D eigenvalue weighted by molar-refractivity contribution is 0.0787. The van der Waals surface area contributed by atoms with Crippen LogP contribution in [0, 0.1) is 0 Å². The molecule has 9 heteroatoms. The van der Waals surface area contributed by atoms with Crippen molar-refractivity contribution in [3.63, 3.8) is 0 Å². The molecule has 0 saturated carbocycles. The number of para-hydroxylation sites is 1. The summed E-state index contributed by atoms with van der Waals surface area (Å²) >= 11 is 3.05. The van der Waals surface area contributed by atoms with Gasteiger partial charge in [0.15, 0.2) is 10.9 Å². The van der Waals surface area contributed by atoms with Crippen LogP contribution in [0.25, 0.3) is 17.3 Å². The molecule has 1 aliphatic rings. The number of nitrogens with zero attached hydrogens (tertiary/aromatic N) is 5. The number of amides is 1. The van der Waals surface area contributed by atoms with Crippen LogP contribution < -0.4 is 0 Å². The van der Waals surface area contributed by atoms with E-state index in [4.69, 9.17) is 4.42 Å². The molecular weight excluding hydrogens is 418 g/mol. The molecule has 0 aliphatic carbocycles. The van der Waals surface area contributed by atoms with Gasteiger partial charge in [0, 0.05) is 24.2 Å². The Labute approximate surface area is 181 Å². The Balaban J connectivity index is 1.37. The number of carbonyl (C=O) groups is 1.